The first-order valence-corrected chi connectivity index (χ1v) is 13.0. The van der Waals surface area contributed by atoms with Crippen molar-refractivity contribution in [2.45, 2.75) is 25.9 Å². The van der Waals surface area contributed by atoms with Crippen molar-refractivity contribution in [3.8, 4) is 22.9 Å². The van der Waals surface area contributed by atoms with Gasteiger partial charge in [-0.05, 0) is 37.6 Å². The fourth-order valence-corrected chi connectivity index (χ4v) is 4.59. The minimum atomic E-state index is -0.448. The molecule has 1 aromatic carbocycles. The van der Waals surface area contributed by atoms with Gasteiger partial charge in [0, 0.05) is 50.6 Å². The lowest BCUT2D eigenvalue weighted by Gasteiger charge is -2.35. The number of rotatable bonds is 8. The molecule has 9 nitrogen and oxygen atoms in total. The summed E-state index contributed by atoms with van der Waals surface area (Å²) in [5.41, 5.74) is 3.44. The van der Waals surface area contributed by atoms with Gasteiger partial charge >= 0.3 is 0 Å². The van der Waals surface area contributed by atoms with Gasteiger partial charge in [-0.15, -0.1) is 0 Å². The number of benzene rings is 1. The molecule has 1 fully saturated rings. The molecule has 5 rings (SSSR count). The highest BCUT2D eigenvalue weighted by Crippen LogP contribution is 2.32. The lowest BCUT2D eigenvalue weighted by atomic mass is 10.1. The lowest BCUT2D eigenvalue weighted by Crippen LogP contribution is -2.49. The van der Waals surface area contributed by atoms with E-state index < -0.39 is 5.60 Å². The van der Waals surface area contributed by atoms with Crippen LogP contribution in [-0.4, -0.2) is 70.9 Å². The average Bonchev–Trinajstić information content (AvgIpc) is 3.40. The Kier molecular flexibility index (Phi) is 7.48. The maximum atomic E-state index is 12.7. The SMILES string of the molecule is COC(C)(C)COc1cc(-c2ccc(N3CCN(C(=O)Cc4ccccc4)CC3)nc2)c2c(C#N)cnn2c1. The van der Waals surface area contributed by atoms with Crippen LogP contribution >= 0.6 is 0 Å². The van der Waals surface area contributed by atoms with Crippen molar-refractivity contribution >= 4 is 17.2 Å². The van der Waals surface area contributed by atoms with Crippen LogP contribution in [0.5, 0.6) is 5.75 Å². The fraction of sp³-hybridized carbons (Fsp3) is 0.333. The predicted octanol–water partition coefficient (Wildman–Crippen LogP) is 3.96. The van der Waals surface area contributed by atoms with Crippen molar-refractivity contribution in [1.82, 2.24) is 19.5 Å². The molecule has 1 amide bonds. The number of aromatic nitrogens is 3. The minimum absolute atomic E-state index is 0.151. The number of hydrogen-bond acceptors (Lipinski definition) is 7. The number of nitriles is 1. The monoisotopic (exact) mass is 524 g/mol. The molecule has 1 saturated heterocycles. The quantitative estimate of drug-likeness (QED) is 0.344. The molecule has 0 spiro atoms. The molecule has 0 bridgehead atoms. The lowest BCUT2D eigenvalue weighted by molar-refractivity contribution is -0.130. The number of piperazine rings is 1. The summed E-state index contributed by atoms with van der Waals surface area (Å²) in [6.45, 7) is 7.03. The fourth-order valence-electron chi connectivity index (χ4n) is 4.59. The van der Waals surface area contributed by atoms with Crippen molar-refractivity contribution in [2.75, 3.05) is 44.8 Å². The van der Waals surface area contributed by atoms with Crippen molar-refractivity contribution < 1.29 is 14.3 Å². The van der Waals surface area contributed by atoms with Crippen molar-refractivity contribution in [3.63, 3.8) is 0 Å². The normalized spacial score (nSPS) is 13.9. The molecule has 0 N–H and O–H groups in total. The summed E-state index contributed by atoms with van der Waals surface area (Å²) in [5.74, 6) is 1.63. The van der Waals surface area contributed by atoms with Crippen molar-refractivity contribution in [3.05, 3.63) is 78.2 Å². The average molecular weight is 525 g/mol. The van der Waals surface area contributed by atoms with Crippen LogP contribution in [0.4, 0.5) is 5.82 Å². The maximum absolute atomic E-state index is 12.7. The molecule has 200 valence electrons. The number of methoxy groups -OCH3 is 1. The van der Waals surface area contributed by atoms with Crippen molar-refractivity contribution in [2.24, 2.45) is 0 Å². The number of carbonyl (C=O) groups is 1. The number of fused-ring (bicyclic) bond motifs is 1. The van der Waals surface area contributed by atoms with Gasteiger partial charge in [-0.25, -0.2) is 9.50 Å². The van der Waals surface area contributed by atoms with Crippen LogP contribution < -0.4 is 9.64 Å². The van der Waals surface area contributed by atoms with E-state index in [1.165, 1.54) is 0 Å². The third-order valence-electron chi connectivity index (χ3n) is 7.06. The molecule has 0 radical (unpaired) electrons. The summed E-state index contributed by atoms with van der Waals surface area (Å²) in [6.07, 6.45) is 5.57. The largest absolute Gasteiger partial charge is 0.489 e. The van der Waals surface area contributed by atoms with Crippen LogP contribution in [-0.2, 0) is 16.0 Å². The van der Waals surface area contributed by atoms with Gasteiger partial charge in [0.05, 0.1) is 35.5 Å². The molecule has 1 aliphatic rings. The van der Waals surface area contributed by atoms with Crippen molar-refractivity contribution in [1.29, 1.82) is 5.26 Å². The van der Waals surface area contributed by atoms with E-state index in [2.05, 4.69) is 16.1 Å². The summed E-state index contributed by atoms with van der Waals surface area (Å²) < 4.78 is 13.2. The van der Waals surface area contributed by atoms with Gasteiger partial charge in [-0.1, -0.05) is 30.3 Å². The van der Waals surface area contributed by atoms with Gasteiger partial charge in [-0.2, -0.15) is 10.4 Å². The number of nitrogens with zero attached hydrogens (tertiary/aromatic N) is 6. The Labute approximate surface area is 228 Å². The second kappa shape index (κ2) is 11.1. The number of carbonyl (C=O) groups excluding carboxylic acids is 1. The predicted molar refractivity (Wildman–Crippen MR) is 149 cm³/mol. The Morgan fingerprint density at radius 1 is 1.08 bits per heavy atom. The number of hydrogen-bond donors (Lipinski definition) is 0. The highest BCUT2D eigenvalue weighted by molar-refractivity contribution is 5.85. The van der Waals surface area contributed by atoms with Gasteiger partial charge in [0.15, 0.2) is 0 Å². The Morgan fingerprint density at radius 3 is 2.51 bits per heavy atom. The van der Waals surface area contributed by atoms with Crippen LogP contribution in [0.2, 0.25) is 0 Å². The van der Waals surface area contributed by atoms with E-state index in [0.717, 1.165) is 35.6 Å². The van der Waals surface area contributed by atoms with Crippen LogP contribution in [0.1, 0.15) is 25.0 Å². The summed E-state index contributed by atoms with van der Waals surface area (Å²) >= 11 is 0. The minimum Gasteiger partial charge on any atom is -0.489 e. The van der Waals surface area contributed by atoms with E-state index in [9.17, 15) is 10.1 Å². The van der Waals surface area contributed by atoms with E-state index in [-0.39, 0.29) is 5.91 Å². The Balaban J connectivity index is 1.31. The van der Waals surface area contributed by atoms with Gasteiger partial charge < -0.3 is 19.3 Å². The smallest absolute Gasteiger partial charge is 0.227 e. The van der Waals surface area contributed by atoms with E-state index >= 15 is 0 Å². The second-order valence-electron chi connectivity index (χ2n) is 10.2. The highest BCUT2D eigenvalue weighted by Gasteiger charge is 2.23. The van der Waals surface area contributed by atoms with Gasteiger partial charge in [0.25, 0.3) is 0 Å². The molecule has 0 atom stereocenters. The molecule has 9 heteroatoms. The zero-order valence-electron chi connectivity index (χ0n) is 22.5. The molecule has 4 heterocycles. The number of amides is 1. The highest BCUT2D eigenvalue weighted by atomic mass is 16.5. The van der Waals surface area contributed by atoms with Gasteiger partial charge in [0.2, 0.25) is 5.91 Å². The standard InChI is InChI=1S/C30H32N6O3/c1-30(2,38-3)21-39-25-16-26(29-24(17-31)19-33-36(29)20-25)23-9-10-27(32-18-23)34-11-13-35(14-12-34)28(37)15-22-7-5-4-6-8-22/h4-10,16,18-20H,11-15,21H2,1-3H3. The van der Waals surface area contributed by atoms with Gasteiger partial charge in [-0.3, -0.25) is 4.79 Å². The molecule has 1 aliphatic heterocycles. The zero-order valence-corrected chi connectivity index (χ0v) is 22.5. The number of anilines is 1. The molecular formula is C30H32N6O3. The first kappa shape index (κ1) is 26.2. The Bertz CT molecular complexity index is 1480. The first-order valence-electron chi connectivity index (χ1n) is 13.0. The van der Waals surface area contributed by atoms with Crippen LogP contribution in [0, 0.1) is 11.3 Å². The Hall–Kier alpha value is -4.42. The molecule has 0 aliphatic carbocycles. The first-order chi connectivity index (χ1) is 18.9. The van der Waals surface area contributed by atoms with E-state index in [4.69, 9.17) is 14.5 Å². The Morgan fingerprint density at radius 2 is 1.85 bits per heavy atom. The second-order valence-corrected chi connectivity index (χ2v) is 10.2. The third-order valence-corrected chi connectivity index (χ3v) is 7.06. The zero-order chi connectivity index (χ0) is 27.4. The molecule has 0 saturated carbocycles. The van der Waals surface area contributed by atoms with Crippen LogP contribution in [0.15, 0.2) is 67.1 Å². The molecular weight excluding hydrogens is 492 g/mol. The third kappa shape index (κ3) is 5.86. The molecule has 39 heavy (non-hydrogen) atoms. The van der Waals surface area contributed by atoms with E-state index in [0.29, 0.717) is 42.9 Å². The number of ether oxygens (including phenoxy) is 2. The molecule has 0 unspecified atom stereocenters. The van der Waals surface area contributed by atoms with E-state index in [1.807, 2.05) is 73.5 Å². The molecule has 3 aromatic heterocycles. The topological polar surface area (TPSA) is 96.0 Å². The molecule has 4 aromatic rings. The summed E-state index contributed by atoms with van der Waals surface area (Å²) in [4.78, 5) is 21.6. The van der Waals surface area contributed by atoms with Crippen LogP contribution in [0.25, 0.3) is 16.6 Å². The van der Waals surface area contributed by atoms with Gasteiger partial charge in [0.1, 0.15) is 24.2 Å². The number of pyridine rings is 2. The summed E-state index contributed by atoms with van der Waals surface area (Å²) in [5, 5.41) is 14.0. The van der Waals surface area contributed by atoms with Crippen LogP contribution in [0.3, 0.4) is 0 Å². The summed E-state index contributed by atoms with van der Waals surface area (Å²) in [6, 6.07) is 18.0. The summed E-state index contributed by atoms with van der Waals surface area (Å²) in [7, 11) is 1.65. The maximum Gasteiger partial charge on any atom is 0.227 e. The van der Waals surface area contributed by atoms with E-state index in [1.54, 1.807) is 24.0 Å².